The van der Waals surface area contributed by atoms with E-state index in [0.29, 0.717) is 49.1 Å². The van der Waals surface area contributed by atoms with Gasteiger partial charge in [0.2, 0.25) is 0 Å². The number of alkyl halides is 3. The molecule has 7 nitrogen and oxygen atoms in total. The second-order valence-electron chi connectivity index (χ2n) is 7.49. The number of morpholine rings is 1. The SMILES string of the molecule is CNc1nc(Cc2ccc(C(=O)N3CCOCC3)cc2OC)nc2c1C(C(F)(F)F)=CC2. The van der Waals surface area contributed by atoms with Gasteiger partial charge in [0.25, 0.3) is 5.91 Å². The van der Waals surface area contributed by atoms with E-state index in [2.05, 4.69) is 15.3 Å². The van der Waals surface area contributed by atoms with E-state index < -0.39 is 11.7 Å². The molecule has 2 aromatic rings. The van der Waals surface area contributed by atoms with Crippen molar-refractivity contribution in [1.29, 1.82) is 0 Å². The van der Waals surface area contributed by atoms with Gasteiger partial charge in [0.15, 0.2) is 0 Å². The zero-order valence-electron chi connectivity index (χ0n) is 17.8. The van der Waals surface area contributed by atoms with Crippen LogP contribution in [0.25, 0.3) is 5.57 Å². The van der Waals surface area contributed by atoms with Gasteiger partial charge in [0.05, 0.1) is 37.2 Å². The Morgan fingerprint density at radius 2 is 2.00 bits per heavy atom. The van der Waals surface area contributed by atoms with Crippen LogP contribution in [0, 0.1) is 0 Å². The summed E-state index contributed by atoms with van der Waals surface area (Å²) >= 11 is 0. The molecule has 1 aliphatic carbocycles. The van der Waals surface area contributed by atoms with Crippen molar-refractivity contribution in [3.05, 3.63) is 52.5 Å². The number of benzene rings is 1. The zero-order chi connectivity index (χ0) is 22.9. The molecule has 1 fully saturated rings. The summed E-state index contributed by atoms with van der Waals surface area (Å²) in [5, 5.41) is 2.76. The number of anilines is 1. The van der Waals surface area contributed by atoms with Crippen LogP contribution in [0.3, 0.4) is 0 Å². The van der Waals surface area contributed by atoms with Crippen LogP contribution in [0.15, 0.2) is 24.3 Å². The molecule has 1 saturated heterocycles. The molecule has 4 rings (SSSR count). The molecular formula is C22H23F3N4O3. The van der Waals surface area contributed by atoms with Crippen molar-refractivity contribution in [2.24, 2.45) is 0 Å². The minimum atomic E-state index is -4.46. The first-order valence-corrected chi connectivity index (χ1v) is 10.2. The lowest BCUT2D eigenvalue weighted by Crippen LogP contribution is -2.40. The van der Waals surface area contributed by atoms with Gasteiger partial charge in [-0.3, -0.25) is 4.79 Å². The van der Waals surface area contributed by atoms with Gasteiger partial charge in [-0.15, -0.1) is 0 Å². The predicted molar refractivity (Wildman–Crippen MR) is 112 cm³/mol. The molecule has 1 aliphatic heterocycles. The Bertz CT molecular complexity index is 1060. The van der Waals surface area contributed by atoms with Crippen LogP contribution < -0.4 is 10.1 Å². The lowest BCUT2D eigenvalue weighted by atomic mass is 10.1. The lowest BCUT2D eigenvalue weighted by Gasteiger charge is -2.27. The summed E-state index contributed by atoms with van der Waals surface area (Å²) in [6.07, 6.45) is -2.98. The number of amides is 1. The van der Waals surface area contributed by atoms with Crippen molar-refractivity contribution in [3.8, 4) is 5.75 Å². The molecule has 1 amide bonds. The second-order valence-corrected chi connectivity index (χ2v) is 7.49. The van der Waals surface area contributed by atoms with E-state index in [9.17, 15) is 18.0 Å². The fourth-order valence-electron chi connectivity index (χ4n) is 3.95. The van der Waals surface area contributed by atoms with Gasteiger partial charge in [0.1, 0.15) is 17.4 Å². The number of fused-ring (bicyclic) bond motifs is 1. The molecular weight excluding hydrogens is 425 g/mol. The maximum atomic E-state index is 13.3. The number of hydrogen-bond donors (Lipinski definition) is 1. The van der Waals surface area contributed by atoms with Gasteiger partial charge in [-0.1, -0.05) is 12.1 Å². The molecule has 0 saturated carbocycles. The first-order chi connectivity index (χ1) is 15.3. The third-order valence-electron chi connectivity index (χ3n) is 5.52. The molecule has 2 heterocycles. The van der Waals surface area contributed by atoms with Crippen molar-refractivity contribution < 1.29 is 27.4 Å². The van der Waals surface area contributed by atoms with E-state index >= 15 is 0 Å². The highest BCUT2D eigenvalue weighted by atomic mass is 19.4. The molecule has 10 heteroatoms. The van der Waals surface area contributed by atoms with E-state index in [-0.39, 0.29) is 30.1 Å². The fraction of sp³-hybridized carbons (Fsp3) is 0.409. The number of carbonyl (C=O) groups is 1. The molecule has 0 bridgehead atoms. The summed E-state index contributed by atoms with van der Waals surface area (Å²) in [6.45, 7) is 2.09. The second kappa shape index (κ2) is 8.78. The number of aromatic nitrogens is 2. The quantitative estimate of drug-likeness (QED) is 0.758. The third kappa shape index (κ3) is 4.27. The Labute approximate surface area is 183 Å². The number of halogens is 3. The van der Waals surface area contributed by atoms with Crippen LogP contribution in [-0.4, -0.2) is 67.4 Å². The molecule has 1 N–H and O–H groups in total. The number of rotatable bonds is 5. The van der Waals surface area contributed by atoms with Gasteiger partial charge >= 0.3 is 6.18 Å². The average molecular weight is 448 g/mol. The maximum absolute atomic E-state index is 13.3. The normalized spacial score (nSPS) is 15.9. The topological polar surface area (TPSA) is 76.6 Å². The summed E-state index contributed by atoms with van der Waals surface area (Å²) in [5.74, 6) is 0.906. The maximum Gasteiger partial charge on any atom is 0.416 e. The first-order valence-electron chi connectivity index (χ1n) is 10.2. The Balaban J connectivity index is 1.60. The highest BCUT2D eigenvalue weighted by molar-refractivity contribution is 5.94. The zero-order valence-corrected chi connectivity index (χ0v) is 17.8. The van der Waals surface area contributed by atoms with E-state index in [4.69, 9.17) is 9.47 Å². The van der Waals surface area contributed by atoms with Crippen LogP contribution >= 0.6 is 0 Å². The largest absolute Gasteiger partial charge is 0.496 e. The molecule has 0 unspecified atom stereocenters. The van der Waals surface area contributed by atoms with Gasteiger partial charge in [-0.25, -0.2) is 9.97 Å². The van der Waals surface area contributed by atoms with E-state index in [1.165, 1.54) is 14.2 Å². The van der Waals surface area contributed by atoms with E-state index in [1.807, 2.05) is 0 Å². The summed E-state index contributed by atoms with van der Waals surface area (Å²) in [6, 6.07) is 5.15. The first kappa shape index (κ1) is 22.1. The number of nitrogens with zero attached hydrogens (tertiary/aromatic N) is 3. The van der Waals surface area contributed by atoms with Crippen molar-refractivity contribution in [1.82, 2.24) is 14.9 Å². The summed E-state index contributed by atoms with van der Waals surface area (Å²) in [5.41, 5.74) is 0.853. The van der Waals surface area contributed by atoms with Crippen LogP contribution in [0.4, 0.5) is 19.0 Å². The molecule has 0 spiro atoms. The molecule has 2 aliphatic rings. The van der Waals surface area contributed by atoms with Gasteiger partial charge in [-0.2, -0.15) is 13.2 Å². The van der Waals surface area contributed by atoms with Gasteiger partial charge in [0, 0.05) is 44.1 Å². The van der Waals surface area contributed by atoms with Crippen molar-refractivity contribution >= 4 is 17.3 Å². The molecule has 170 valence electrons. The number of methoxy groups -OCH3 is 1. The number of ether oxygens (including phenoxy) is 2. The molecule has 0 radical (unpaired) electrons. The van der Waals surface area contributed by atoms with Gasteiger partial charge < -0.3 is 19.7 Å². The number of allylic oxidation sites excluding steroid dienone is 2. The Hall–Kier alpha value is -3.14. The number of carbonyl (C=O) groups excluding carboxylic acids is 1. The highest BCUT2D eigenvalue weighted by Crippen LogP contribution is 2.42. The Morgan fingerprint density at radius 3 is 2.66 bits per heavy atom. The van der Waals surface area contributed by atoms with Crippen molar-refractivity contribution in [3.63, 3.8) is 0 Å². The third-order valence-corrected chi connectivity index (χ3v) is 5.52. The highest BCUT2D eigenvalue weighted by Gasteiger charge is 2.40. The monoisotopic (exact) mass is 448 g/mol. The number of nitrogens with one attached hydrogen (secondary N) is 1. The minimum absolute atomic E-state index is 0.00201. The average Bonchev–Trinajstić information content (AvgIpc) is 3.23. The summed E-state index contributed by atoms with van der Waals surface area (Å²) in [4.78, 5) is 23.2. The number of hydrogen-bond acceptors (Lipinski definition) is 6. The Morgan fingerprint density at radius 1 is 1.25 bits per heavy atom. The minimum Gasteiger partial charge on any atom is -0.496 e. The van der Waals surface area contributed by atoms with Crippen LogP contribution in [0.2, 0.25) is 0 Å². The molecule has 1 aromatic heterocycles. The van der Waals surface area contributed by atoms with E-state index in [1.54, 1.807) is 23.1 Å². The summed E-state index contributed by atoms with van der Waals surface area (Å²) < 4.78 is 50.8. The lowest BCUT2D eigenvalue weighted by molar-refractivity contribution is -0.0687. The standard InChI is InChI=1S/C22H23F3N4O3/c1-26-20-19-15(22(23,24)25)5-6-16(19)27-18(28-20)12-13-3-4-14(11-17(13)31-2)21(30)29-7-9-32-10-8-29/h3-5,11H,6-10,12H2,1-2H3,(H,26,27,28). The molecule has 0 atom stereocenters. The van der Waals surface area contributed by atoms with Gasteiger partial charge in [-0.05, 0) is 12.1 Å². The van der Waals surface area contributed by atoms with Crippen LogP contribution in [0.5, 0.6) is 5.75 Å². The predicted octanol–water partition coefficient (Wildman–Crippen LogP) is 3.09. The molecule has 32 heavy (non-hydrogen) atoms. The van der Waals surface area contributed by atoms with Crippen molar-refractivity contribution in [2.45, 2.75) is 19.0 Å². The smallest absolute Gasteiger partial charge is 0.416 e. The van der Waals surface area contributed by atoms with Crippen molar-refractivity contribution in [2.75, 3.05) is 45.8 Å². The summed E-state index contributed by atoms with van der Waals surface area (Å²) in [7, 11) is 3.04. The fourth-order valence-corrected chi connectivity index (χ4v) is 3.95. The van der Waals surface area contributed by atoms with E-state index in [0.717, 1.165) is 11.6 Å². The Kier molecular flexibility index (Phi) is 6.05. The molecule has 1 aromatic carbocycles. The van der Waals surface area contributed by atoms with Crippen LogP contribution in [-0.2, 0) is 17.6 Å². The van der Waals surface area contributed by atoms with Crippen LogP contribution in [0.1, 0.15) is 33.0 Å².